The molecule has 0 bridgehead atoms. The van der Waals surface area contributed by atoms with Crippen molar-refractivity contribution in [2.24, 2.45) is 5.41 Å². The van der Waals surface area contributed by atoms with Crippen LogP contribution in [0.2, 0.25) is 0 Å². The second kappa shape index (κ2) is 49.8. The van der Waals surface area contributed by atoms with Gasteiger partial charge in [0, 0.05) is 44.8 Å². The number of amides is 2. The van der Waals surface area contributed by atoms with Crippen molar-refractivity contribution in [3.05, 3.63) is 12.2 Å². The number of carbonyl (C=O) groups is 4. The van der Waals surface area contributed by atoms with Crippen molar-refractivity contribution in [1.82, 2.24) is 15.1 Å². The Morgan fingerprint density at radius 3 is 1.29 bits per heavy atom. The number of ether oxygens (including phenoxy) is 12. The van der Waals surface area contributed by atoms with E-state index in [0.717, 1.165) is 103 Å². The second-order valence-corrected chi connectivity index (χ2v) is 20.4. The predicted molar refractivity (Wildman–Crippen MR) is 294 cm³/mol. The number of unbranched alkanes of at least 4 members (excludes halogenated alkanes) is 10. The summed E-state index contributed by atoms with van der Waals surface area (Å²) in [6.45, 7) is 27.2. The third-order valence-electron chi connectivity index (χ3n) is 12.0. The molecule has 0 rings (SSSR count). The fourth-order valence-electron chi connectivity index (χ4n) is 7.62. The molecular formula is C57H103N5O16. The van der Waals surface area contributed by atoms with Gasteiger partial charge in [-0.15, -0.1) is 5.12 Å². The summed E-state index contributed by atoms with van der Waals surface area (Å²) in [5, 5.41) is 22.0. The van der Waals surface area contributed by atoms with E-state index >= 15 is 0 Å². The number of esters is 2. The Balaban J connectivity index is 4.87. The molecule has 0 saturated heterocycles. The first-order valence-corrected chi connectivity index (χ1v) is 28.7. The SMILES string of the molecule is C=C(C)C(=O)OC(C)COC(C)COC(C)COCC(COCCC)(COCCC)COCC(C)OCC(C)OCC(C)OC(=O)CCCCCCCN(N(C=O)CCCCCCOC#N)N(C=O)CCCCCCOC#N. The fraction of sp³-hybridized carbons (Fsp3) is 0.860. The highest BCUT2D eigenvalue weighted by molar-refractivity contribution is 5.87. The molecule has 0 saturated carbocycles. The lowest BCUT2D eigenvalue weighted by Crippen LogP contribution is -2.53. The summed E-state index contributed by atoms with van der Waals surface area (Å²) in [6, 6.07) is 0. The van der Waals surface area contributed by atoms with Crippen LogP contribution in [0, 0.1) is 28.4 Å². The fourth-order valence-corrected chi connectivity index (χ4v) is 7.62. The number of hydrogen-bond acceptors (Lipinski definition) is 19. The van der Waals surface area contributed by atoms with E-state index in [9.17, 15) is 19.2 Å². The molecule has 452 valence electrons. The van der Waals surface area contributed by atoms with E-state index in [1.54, 1.807) is 41.5 Å². The molecule has 2 amide bonds. The maximum atomic E-state index is 12.7. The molecule has 0 aromatic heterocycles. The lowest BCUT2D eigenvalue weighted by atomic mass is 9.92. The minimum Gasteiger partial charge on any atom is -0.460 e. The summed E-state index contributed by atoms with van der Waals surface area (Å²) in [4.78, 5) is 49.0. The molecule has 6 unspecified atom stereocenters. The number of nitrogens with zero attached hydrogens (tertiary/aromatic N) is 5. The van der Waals surface area contributed by atoms with Crippen LogP contribution >= 0.6 is 0 Å². The van der Waals surface area contributed by atoms with Crippen LogP contribution in [0.5, 0.6) is 0 Å². The van der Waals surface area contributed by atoms with Gasteiger partial charge in [0.05, 0.1) is 95.9 Å². The van der Waals surface area contributed by atoms with Crippen LogP contribution in [0.4, 0.5) is 0 Å². The maximum absolute atomic E-state index is 12.7. The first-order valence-electron chi connectivity index (χ1n) is 28.7. The molecule has 6 atom stereocenters. The van der Waals surface area contributed by atoms with Crippen LogP contribution < -0.4 is 0 Å². The van der Waals surface area contributed by atoms with E-state index in [-0.39, 0.29) is 43.6 Å². The largest absolute Gasteiger partial charge is 0.460 e. The van der Waals surface area contributed by atoms with Crippen molar-refractivity contribution in [1.29, 1.82) is 10.5 Å². The number of hydrazine groups is 2. The van der Waals surface area contributed by atoms with Crippen LogP contribution in [-0.2, 0) is 76.0 Å². The lowest BCUT2D eigenvalue weighted by molar-refractivity contribution is -0.186. The lowest BCUT2D eigenvalue weighted by Gasteiger charge is -2.38. The number of hydrogen-bond donors (Lipinski definition) is 0. The maximum Gasteiger partial charge on any atom is 0.333 e. The third-order valence-corrected chi connectivity index (χ3v) is 12.0. The topological polar surface area (TPSA) is 236 Å². The van der Waals surface area contributed by atoms with Gasteiger partial charge < -0.3 is 56.8 Å². The molecular weight excluding hydrogens is 1010 g/mol. The summed E-state index contributed by atoms with van der Waals surface area (Å²) < 4.78 is 69.0. The van der Waals surface area contributed by atoms with Gasteiger partial charge in [0.1, 0.15) is 25.4 Å². The normalized spacial score (nSPS) is 13.8. The van der Waals surface area contributed by atoms with Gasteiger partial charge >= 0.3 is 11.9 Å². The predicted octanol–water partition coefficient (Wildman–Crippen LogP) is 8.42. The quantitative estimate of drug-likeness (QED) is 0.0139. The van der Waals surface area contributed by atoms with Crippen LogP contribution in [-0.4, -0.2) is 189 Å². The number of rotatable bonds is 57. The highest BCUT2D eigenvalue weighted by atomic mass is 16.6. The van der Waals surface area contributed by atoms with Gasteiger partial charge in [0.2, 0.25) is 12.8 Å². The highest BCUT2D eigenvalue weighted by Gasteiger charge is 2.33. The Labute approximate surface area is 468 Å². The van der Waals surface area contributed by atoms with Gasteiger partial charge in [-0.3, -0.25) is 24.4 Å². The second-order valence-electron chi connectivity index (χ2n) is 20.4. The van der Waals surface area contributed by atoms with Crippen LogP contribution in [0.3, 0.4) is 0 Å². The summed E-state index contributed by atoms with van der Waals surface area (Å²) in [5.41, 5.74) is -0.225. The zero-order valence-electron chi connectivity index (χ0n) is 49.4. The Bertz CT molecular complexity index is 1550. The van der Waals surface area contributed by atoms with E-state index in [0.29, 0.717) is 117 Å². The standard InChI is InChI=1S/C57H103N5O16/c1-11-30-67-40-57(41-68-31-12-2,43-72-35-50(6)74-37-52(8)76-39-54(10)78-56(66)48(3)4)42-71-34-49(5)73-36-51(7)75-38-53(9)77-55(65)26-20-14-13-15-23-29-62(60(46-63)27-21-16-18-24-32-69-44-58)61(47-64)28-22-17-19-25-33-70-45-59/h46-47,49-54H,3,11-43H2,1-2,4-10H3. The van der Waals surface area contributed by atoms with Crippen molar-refractivity contribution in [2.45, 2.75) is 202 Å². The molecule has 0 radical (unpaired) electrons. The highest BCUT2D eigenvalue weighted by Crippen LogP contribution is 2.22. The Morgan fingerprint density at radius 1 is 0.500 bits per heavy atom. The molecule has 21 nitrogen and oxygen atoms in total. The molecule has 0 fully saturated rings. The minimum absolute atomic E-state index is 0.215. The average Bonchev–Trinajstić information content (AvgIpc) is 3.41. The van der Waals surface area contributed by atoms with Crippen LogP contribution in [0.15, 0.2) is 12.2 Å². The van der Waals surface area contributed by atoms with Gasteiger partial charge in [-0.2, -0.15) is 10.5 Å². The van der Waals surface area contributed by atoms with Crippen molar-refractivity contribution in [3.8, 4) is 12.5 Å². The molecule has 21 heteroatoms. The van der Waals surface area contributed by atoms with Gasteiger partial charge in [0.25, 0.3) is 12.5 Å². The number of carbonyl (C=O) groups excluding carboxylic acids is 4. The molecule has 0 spiro atoms. The molecule has 0 aliphatic carbocycles. The van der Waals surface area contributed by atoms with E-state index in [2.05, 4.69) is 20.4 Å². The summed E-state index contributed by atoms with van der Waals surface area (Å²) in [6.07, 6.45) is 15.5. The van der Waals surface area contributed by atoms with Gasteiger partial charge in [-0.05, 0) is 113 Å². The van der Waals surface area contributed by atoms with E-state index < -0.39 is 23.6 Å². The molecule has 0 aliphatic rings. The molecule has 0 heterocycles. The van der Waals surface area contributed by atoms with E-state index in [1.165, 1.54) is 0 Å². The zero-order chi connectivity index (χ0) is 58.1. The minimum atomic E-state index is -0.566. The monoisotopic (exact) mass is 1110 g/mol. The molecule has 0 N–H and O–H groups in total. The Kier molecular flexibility index (Phi) is 47.2. The van der Waals surface area contributed by atoms with Gasteiger partial charge in [-0.1, -0.05) is 52.5 Å². The van der Waals surface area contributed by atoms with Crippen LogP contribution in [0.25, 0.3) is 0 Å². The smallest absolute Gasteiger partial charge is 0.333 e. The molecule has 0 aliphatic heterocycles. The first kappa shape index (κ1) is 73.8. The van der Waals surface area contributed by atoms with E-state index in [4.69, 9.17) is 67.4 Å². The third kappa shape index (κ3) is 40.9. The average molecular weight is 1110 g/mol. The van der Waals surface area contributed by atoms with Gasteiger partial charge in [0.15, 0.2) is 0 Å². The summed E-state index contributed by atoms with van der Waals surface area (Å²) >= 11 is 0. The zero-order valence-corrected chi connectivity index (χ0v) is 49.4. The van der Waals surface area contributed by atoms with Crippen LogP contribution in [0.1, 0.15) is 165 Å². The van der Waals surface area contributed by atoms with Crippen molar-refractivity contribution >= 4 is 24.8 Å². The summed E-state index contributed by atoms with van der Waals surface area (Å²) in [5.74, 6) is -0.723. The Morgan fingerprint density at radius 2 is 0.872 bits per heavy atom. The Hall–Kier alpha value is -4.16. The van der Waals surface area contributed by atoms with Crippen molar-refractivity contribution < 1.29 is 76.0 Å². The van der Waals surface area contributed by atoms with E-state index in [1.807, 2.05) is 34.6 Å². The van der Waals surface area contributed by atoms with Gasteiger partial charge in [-0.25, -0.2) is 4.79 Å². The molecule has 78 heavy (non-hydrogen) atoms. The van der Waals surface area contributed by atoms with Crippen molar-refractivity contribution in [2.75, 3.05) is 112 Å². The number of nitriles is 2. The van der Waals surface area contributed by atoms with Crippen molar-refractivity contribution in [3.63, 3.8) is 0 Å². The molecule has 0 aromatic carbocycles. The summed E-state index contributed by atoms with van der Waals surface area (Å²) in [7, 11) is 0. The first-order chi connectivity index (χ1) is 37.6. The molecule has 0 aromatic rings.